The maximum Gasteiger partial charge on any atom is 0.414 e. The van der Waals surface area contributed by atoms with Gasteiger partial charge in [0.15, 0.2) is 0 Å². The van der Waals surface area contributed by atoms with Crippen molar-refractivity contribution in [1.82, 2.24) is 10.3 Å². The maximum atomic E-state index is 14.6. The van der Waals surface area contributed by atoms with Gasteiger partial charge in [-0.3, -0.25) is 14.5 Å². The summed E-state index contributed by atoms with van der Waals surface area (Å²) in [5.41, 5.74) is 0.577. The van der Waals surface area contributed by atoms with Crippen molar-refractivity contribution in [2.75, 3.05) is 42.6 Å². The summed E-state index contributed by atoms with van der Waals surface area (Å²) in [6.07, 6.45) is 0.187. The lowest BCUT2D eigenvalue weighted by molar-refractivity contribution is -0.134. The minimum atomic E-state index is -0.644. The zero-order valence-electron chi connectivity index (χ0n) is 15.2. The Kier molecular flexibility index (Phi) is 5.73. The highest BCUT2D eigenvalue weighted by Gasteiger charge is 2.33. The Bertz CT molecular complexity index is 817. The fourth-order valence-corrected chi connectivity index (χ4v) is 2.89. The number of nitrogens with one attached hydrogen (secondary N) is 1. The summed E-state index contributed by atoms with van der Waals surface area (Å²) in [5, 5.41) is 16.4. The third-order valence-corrected chi connectivity index (χ3v) is 4.31. The topological polar surface area (TPSA) is 115 Å². The first kappa shape index (κ1) is 19.5. The van der Waals surface area contributed by atoms with Crippen LogP contribution in [0.2, 0.25) is 0 Å². The van der Waals surface area contributed by atoms with Crippen LogP contribution in [0.15, 0.2) is 23.3 Å². The van der Waals surface area contributed by atoms with E-state index in [9.17, 15) is 18.8 Å². The van der Waals surface area contributed by atoms with Crippen LogP contribution in [0.1, 0.15) is 6.92 Å². The van der Waals surface area contributed by atoms with Crippen LogP contribution < -0.4 is 15.1 Å². The van der Waals surface area contributed by atoms with Gasteiger partial charge < -0.3 is 20.1 Å². The number of nitrogens with zero attached hydrogens (tertiary/aromatic N) is 4. The molecule has 0 spiro atoms. The summed E-state index contributed by atoms with van der Waals surface area (Å²) in [6.45, 7) is 1.61. The molecule has 11 heteroatoms. The van der Waals surface area contributed by atoms with E-state index in [0.29, 0.717) is 12.2 Å². The molecule has 2 aliphatic rings. The van der Waals surface area contributed by atoms with E-state index >= 15 is 0 Å². The standard InChI is InChI=1S/C17H20FN5O5/c1-11(25)19-7-13-8-22(17(27)28-13)12-2-3-15(14(18)6-12)21-4-5-23(20-10-21)16(26)9-24/h2-3,6,10,13,24H,4-5,7-9H2,1H3,(H,19,25)/t13-/m0/s1. The lowest BCUT2D eigenvalue weighted by atomic mass is 10.2. The van der Waals surface area contributed by atoms with Gasteiger partial charge in [0.2, 0.25) is 5.91 Å². The fourth-order valence-electron chi connectivity index (χ4n) is 2.89. The van der Waals surface area contributed by atoms with Crippen LogP contribution in [0.5, 0.6) is 0 Å². The molecule has 10 nitrogen and oxygen atoms in total. The predicted octanol–water partition coefficient (Wildman–Crippen LogP) is -0.129. The molecule has 0 saturated carbocycles. The predicted molar refractivity (Wildman–Crippen MR) is 97.3 cm³/mol. The quantitative estimate of drug-likeness (QED) is 0.720. The molecule has 3 amide bonds. The molecule has 1 aromatic carbocycles. The monoisotopic (exact) mass is 393 g/mol. The van der Waals surface area contributed by atoms with Gasteiger partial charge in [-0.2, -0.15) is 5.10 Å². The number of carbonyl (C=O) groups is 3. The van der Waals surface area contributed by atoms with Gasteiger partial charge in [-0.1, -0.05) is 0 Å². The Morgan fingerprint density at radius 2 is 2.18 bits per heavy atom. The van der Waals surface area contributed by atoms with Crippen molar-refractivity contribution in [3.8, 4) is 0 Å². The van der Waals surface area contributed by atoms with E-state index in [-0.39, 0.29) is 31.2 Å². The van der Waals surface area contributed by atoms with Crippen molar-refractivity contribution in [2.45, 2.75) is 13.0 Å². The molecule has 28 heavy (non-hydrogen) atoms. The number of ether oxygens (including phenoxy) is 1. The molecule has 2 N–H and O–H groups in total. The van der Waals surface area contributed by atoms with Crippen molar-refractivity contribution in [3.63, 3.8) is 0 Å². The first-order chi connectivity index (χ1) is 13.4. The van der Waals surface area contributed by atoms with Gasteiger partial charge in [-0.05, 0) is 18.2 Å². The fraction of sp³-hybridized carbons (Fsp3) is 0.412. The first-order valence-electron chi connectivity index (χ1n) is 8.63. The van der Waals surface area contributed by atoms with Crippen molar-refractivity contribution < 1.29 is 28.6 Å². The summed E-state index contributed by atoms with van der Waals surface area (Å²) in [6, 6.07) is 4.31. The molecule has 1 saturated heterocycles. The molecule has 0 radical (unpaired) electrons. The summed E-state index contributed by atoms with van der Waals surface area (Å²) >= 11 is 0. The van der Waals surface area contributed by atoms with E-state index in [1.807, 2.05) is 0 Å². The molecule has 0 unspecified atom stereocenters. The van der Waals surface area contributed by atoms with Crippen molar-refractivity contribution >= 4 is 35.6 Å². The molecule has 1 atom stereocenters. The molecular formula is C17H20FN5O5. The number of carbonyl (C=O) groups excluding carboxylic acids is 3. The smallest absolute Gasteiger partial charge is 0.414 e. The minimum absolute atomic E-state index is 0.186. The number of halogens is 1. The minimum Gasteiger partial charge on any atom is -0.442 e. The van der Waals surface area contributed by atoms with Crippen LogP contribution in [-0.4, -0.2) is 73.3 Å². The SMILES string of the molecule is CC(=O)NC[C@H]1CN(c2ccc(N3C=NN(C(=O)CO)CC3)c(F)c2)C(=O)O1. The first-order valence-corrected chi connectivity index (χ1v) is 8.63. The van der Waals surface area contributed by atoms with Crippen LogP contribution in [0.4, 0.5) is 20.6 Å². The van der Waals surface area contributed by atoms with E-state index in [4.69, 9.17) is 9.84 Å². The number of hydrazone groups is 1. The third kappa shape index (κ3) is 4.19. The Balaban J connectivity index is 1.69. The van der Waals surface area contributed by atoms with Crippen LogP contribution in [0, 0.1) is 5.82 Å². The highest BCUT2D eigenvalue weighted by Crippen LogP contribution is 2.28. The largest absolute Gasteiger partial charge is 0.442 e. The van der Waals surface area contributed by atoms with E-state index in [2.05, 4.69) is 10.4 Å². The van der Waals surface area contributed by atoms with Crippen LogP contribution in [-0.2, 0) is 14.3 Å². The van der Waals surface area contributed by atoms with E-state index in [1.165, 1.54) is 35.2 Å². The number of hydrogen-bond acceptors (Lipinski definition) is 7. The number of rotatable bonds is 5. The summed E-state index contributed by atoms with van der Waals surface area (Å²) in [4.78, 5) is 37.2. The van der Waals surface area contributed by atoms with Crippen molar-refractivity contribution in [2.24, 2.45) is 5.10 Å². The van der Waals surface area contributed by atoms with Gasteiger partial charge in [0.1, 0.15) is 24.9 Å². The number of benzene rings is 1. The molecule has 150 valence electrons. The van der Waals surface area contributed by atoms with E-state index in [1.54, 1.807) is 6.07 Å². The van der Waals surface area contributed by atoms with E-state index < -0.39 is 30.5 Å². The summed E-state index contributed by atoms with van der Waals surface area (Å²) < 4.78 is 19.8. The Morgan fingerprint density at radius 3 is 2.79 bits per heavy atom. The second-order valence-electron chi connectivity index (χ2n) is 6.29. The Hall–Kier alpha value is -3.21. The number of cyclic esters (lactones) is 1. The van der Waals surface area contributed by atoms with Crippen molar-refractivity contribution in [3.05, 3.63) is 24.0 Å². The molecule has 2 aliphatic heterocycles. The number of aliphatic hydroxyl groups excluding tert-OH is 1. The molecule has 0 aliphatic carbocycles. The van der Waals surface area contributed by atoms with Crippen LogP contribution in [0.3, 0.4) is 0 Å². The van der Waals surface area contributed by atoms with E-state index in [0.717, 1.165) is 5.01 Å². The Morgan fingerprint density at radius 1 is 1.39 bits per heavy atom. The molecule has 0 bridgehead atoms. The maximum absolute atomic E-state index is 14.6. The molecule has 0 aromatic heterocycles. The molecule has 1 aromatic rings. The average Bonchev–Trinajstić information content (AvgIpc) is 3.06. The number of hydrogen-bond donors (Lipinski definition) is 2. The summed E-state index contributed by atoms with van der Waals surface area (Å²) in [7, 11) is 0. The second-order valence-corrected chi connectivity index (χ2v) is 6.29. The average molecular weight is 393 g/mol. The zero-order valence-corrected chi connectivity index (χ0v) is 15.2. The molecule has 3 rings (SSSR count). The van der Waals surface area contributed by atoms with Crippen LogP contribution >= 0.6 is 0 Å². The van der Waals surface area contributed by atoms with Crippen LogP contribution in [0.25, 0.3) is 0 Å². The highest BCUT2D eigenvalue weighted by atomic mass is 19.1. The second kappa shape index (κ2) is 8.21. The normalized spacial score (nSPS) is 19.0. The zero-order chi connectivity index (χ0) is 20.3. The Labute approximate surface area is 160 Å². The molecule has 2 heterocycles. The number of aliphatic hydroxyl groups is 1. The summed E-state index contributed by atoms with van der Waals surface area (Å²) in [5.74, 6) is -1.33. The van der Waals surface area contributed by atoms with Gasteiger partial charge in [0, 0.05) is 13.5 Å². The molecular weight excluding hydrogens is 373 g/mol. The number of anilines is 2. The third-order valence-electron chi connectivity index (χ3n) is 4.31. The molecule has 1 fully saturated rings. The number of amides is 3. The van der Waals surface area contributed by atoms with Gasteiger partial charge in [-0.15, -0.1) is 0 Å². The van der Waals surface area contributed by atoms with Gasteiger partial charge in [0.05, 0.1) is 31.0 Å². The van der Waals surface area contributed by atoms with Gasteiger partial charge in [-0.25, -0.2) is 14.2 Å². The van der Waals surface area contributed by atoms with Gasteiger partial charge >= 0.3 is 6.09 Å². The lowest BCUT2D eigenvalue weighted by Crippen LogP contribution is -2.42. The highest BCUT2D eigenvalue weighted by molar-refractivity contribution is 5.91. The lowest BCUT2D eigenvalue weighted by Gasteiger charge is -2.28. The van der Waals surface area contributed by atoms with Crippen molar-refractivity contribution in [1.29, 1.82) is 0 Å². The van der Waals surface area contributed by atoms with Gasteiger partial charge in [0.25, 0.3) is 5.91 Å².